The van der Waals surface area contributed by atoms with E-state index in [1.165, 1.54) is 0 Å². The molecular weight excluding hydrogens is 904 g/mol. The number of ether oxygens (including phenoxy) is 3. The summed E-state index contributed by atoms with van der Waals surface area (Å²) >= 11 is 0. The molecule has 3 aromatic carbocycles. The van der Waals surface area contributed by atoms with E-state index in [1.807, 2.05) is 118 Å². The van der Waals surface area contributed by atoms with Gasteiger partial charge in [-0.1, -0.05) is 96.1 Å². The highest BCUT2D eigenvalue weighted by Gasteiger charge is 2.39. The highest BCUT2D eigenvalue weighted by Crippen LogP contribution is 2.46. The molecule has 14 nitrogen and oxygen atoms in total. The van der Waals surface area contributed by atoms with Crippen LogP contribution in [-0.2, 0) is 29.0 Å². The van der Waals surface area contributed by atoms with Crippen molar-refractivity contribution in [3.05, 3.63) is 107 Å². The average Bonchev–Trinajstić information content (AvgIpc) is 3.35. The molecule has 2 saturated heterocycles. The first-order valence-electron chi connectivity index (χ1n) is 25.1. The molecule has 2 aliphatic rings. The van der Waals surface area contributed by atoms with Gasteiger partial charge in [-0.15, -0.1) is 0 Å². The van der Waals surface area contributed by atoms with Crippen molar-refractivity contribution in [2.75, 3.05) is 113 Å². The molecule has 0 radical (unpaired) electrons. The highest BCUT2D eigenvalue weighted by molar-refractivity contribution is 7.44. The number of piperazine rings is 2. The number of carbonyl (C=O) groups excluding carboxylic acids is 2. The van der Waals surface area contributed by atoms with Crippen LogP contribution in [0.15, 0.2) is 78.9 Å². The zero-order valence-corrected chi connectivity index (χ0v) is 45.4. The molecule has 70 heavy (non-hydrogen) atoms. The zero-order chi connectivity index (χ0) is 51.5. The first-order valence-corrected chi connectivity index (χ1v) is 26.2. The Labute approximate surface area is 422 Å². The first-order chi connectivity index (χ1) is 33.3. The van der Waals surface area contributed by atoms with Crippen molar-refractivity contribution >= 4 is 20.3 Å². The summed E-state index contributed by atoms with van der Waals surface area (Å²) in [6.07, 6.45) is 0.791. The zero-order valence-electron chi connectivity index (χ0n) is 44.5. The van der Waals surface area contributed by atoms with Gasteiger partial charge in [-0.2, -0.15) is 0 Å². The lowest BCUT2D eigenvalue weighted by Crippen LogP contribution is -2.52. The second-order valence-electron chi connectivity index (χ2n) is 20.8. The number of hydrogen-bond acceptors (Lipinski definition) is 11. The van der Waals surface area contributed by atoms with Crippen LogP contribution in [0, 0.1) is 23.3 Å². The molecule has 2 fully saturated rings. The Bertz CT molecular complexity index is 1970. The third-order valence-corrected chi connectivity index (χ3v) is 14.8. The number of hydrogen-bond donors (Lipinski definition) is 1. The van der Waals surface area contributed by atoms with Gasteiger partial charge in [0.05, 0.1) is 27.4 Å². The van der Waals surface area contributed by atoms with Crippen LogP contribution >= 0.6 is 8.53 Å². The number of aliphatic hydroxyl groups is 1. The third kappa shape index (κ3) is 17.0. The van der Waals surface area contributed by atoms with Crippen LogP contribution < -0.4 is 9.47 Å². The van der Waals surface area contributed by atoms with Crippen LogP contribution in [0.25, 0.3) is 4.85 Å². The molecule has 0 spiro atoms. The third-order valence-electron chi connectivity index (χ3n) is 12.7. The molecule has 2 aliphatic heterocycles. The van der Waals surface area contributed by atoms with Crippen molar-refractivity contribution in [2.24, 2.45) is 16.7 Å². The van der Waals surface area contributed by atoms with E-state index < -0.39 is 14.1 Å². The molecule has 2 heterocycles. The van der Waals surface area contributed by atoms with E-state index >= 15 is 0 Å². The summed E-state index contributed by atoms with van der Waals surface area (Å²) in [6, 6.07) is 26.8. The molecule has 0 bridgehead atoms. The molecule has 0 aromatic heterocycles. The summed E-state index contributed by atoms with van der Waals surface area (Å²) in [5.74, 6) is 1.92. The Morgan fingerprint density at radius 1 is 0.657 bits per heavy atom. The SMILES string of the molecule is COc1ccc(C(OCC(CO)CCN2CCN(C(=O)C(C)(C)C)CC2)(c2ccccc2)c2ccc(OC)cc2)cc1.[C-]#[N+]CCOP(OCCN1CCN(C(=O)C(C)(C)C)CC1)N(C(C)C)C(C)C. The van der Waals surface area contributed by atoms with Crippen molar-refractivity contribution in [1.82, 2.24) is 24.3 Å². The van der Waals surface area contributed by atoms with Gasteiger partial charge in [0.25, 0.3) is 8.53 Å². The van der Waals surface area contributed by atoms with E-state index in [-0.39, 0.29) is 35.2 Å². The normalized spacial score (nSPS) is 16.2. The molecule has 1 N–H and O–H groups in total. The fourth-order valence-electron chi connectivity index (χ4n) is 8.76. The lowest BCUT2D eigenvalue weighted by molar-refractivity contribution is -0.141. The molecule has 3 aromatic rings. The predicted molar refractivity (Wildman–Crippen MR) is 281 cm³/mol. The second kappa shape index (κ2) is 28.2. The molecule has 15 heteroatoms. The van der Waals surface area contributed by atoms with Crippen molar-refractivity contribution in [1.29, 1.82) is 0 Å². The standard InChI is InChI=1S/C35H46N2O5.C20H39N4O3P/c1-34(2,3)33(39)37-23-21-36(22-24-37)20-19-27(25-38)26-42-35(28-9-7-6-8-10-28,29-11-15-31(40-4)16-12-29)30-13-17-32(41-5)18-14-30;1-17(2)24(18(3)4)28(26-15-9-21-8)27-16-14-22-10-12-23(13-11-22)19(25)20(5,6)7/h6-18,27,38H,19-26H2,1-5H3;17-18H,9-16H2,1-7H3. The van der Waals surface area contributed by atoms with Crippen LogP contribution in [-0.4, -0.2) is 166 Å². The van der Waals surface area contributed by atoms with Crippen molar-refractivity contribution < 1.29 is 38.0 Å². The molecule has 2 atom stereocenters. The second-order valence-corrected chi connectivity index (χ2v) is 22.2. The maximum absolute atomic E-state index is 12.7. The number of methoxy groups -OCH3 is 2. The summed E-state index contributed by atoms with van der Waals surface area (Å²) in [6.45, 7) is 37.2. The summed E-state index contributed by atoms with van der Waals surface area (Å²) in [5, 5.41) is 10.4. The van der Waals surface area contributed by atoms with Gasteiger partial charge in [0.15, 0.2) is 0 Å². The number of nitrogens with zero attached hydrogens (tertiary/aromatic N) is 6. The van der Waals surface area contributed by atoms with Crippen LogP contribution in [0.3, 0.4) is 0 Å². The minimum atomic E-state index is -1.18. The lowest BCUT2D eigenvalue weighted by atomic mass is 9.80. The van der Waals surface area contributed by atoms with E-state index in [9.17, 15) is 14.7 Å². The van der Waals surface area contributed by atoms with Gasteiger partial charge in [0.1, 0.15) is 23.7 Å². The van der Waals surface area contributed by atoms with E-state index in [1.54, 1.807) is 14.2 Å². The highest BCUT2D eigenvalue weighted by atomic mass is 31.2. The van der Waals surface area contributed by atoms with Crippen molar-refractivity contribution in [3.8, 4) is 11.5 Å². The minimum Gasteiger partial charge on any atom is -0.497 e. The van der Waals surface area contributed by atoms with Crippen molar-refractivity contribution in [2.45, 2.75) is 93.3 Å². The predicted octanol–water partition coefficient (Wildman–Crippen LogP) is 8.68. The first kappa shape index (κ1) is 58.4. The maximum atomic E-state index is 12.7. The number of carbonyl (C=O) groups is 2. The number of aliphatic hydroxyl groups excluding tert-OH is 1. The van der Waals surface area contributed by atoms with Gasteiger partial charge in [-0.3, -0.25) is 19.4 Å². The van der Waals surface area contributed by atoms with Gasteiger partial charge in [0.2, 0.25) is 18.4 Å². The Kier molecular flexibility index (Phi) is 23.5. The van der Waals surface area contributed by atoms with E-state index in [4.69, 9.17) is 29.8 Å². The molecular formula is C55H85N6O8P. The van der Waals surface area contributed by atoms with Gasteiger partial charge in [-0.05, 0) is 81.6 Å². The smallest absolute Gasteiger partial charge is 0.259 e. The summed E-state index contributed by atoms with van der Waals surface area (Å²) < 4.78 is 32.2. The number of amides is 2. The van der Waals surface area contributed by atoms with Crippen LogP contribution in [0.1, 0.15) is 92.3 Å². The largest absolute Gasteiger partial charge is 0.497 e. The number of rotatable bonds is 22. The quantitative estimate of drug-likeness (QED) is 0.0451. The van der Waals surface area contributed by atoms with E-state index in [0.29, 0.717) is 38.4 Å². The monoisotopic (exact) mass is 989 g/mol. The Morgan fingerprint density at radius 2 is 1.09 bits per heavy atom. The summed E-state index contributed by atoms with van der Waals surface area (Å²) in [4.78, 5) is 37.1. The fraction of sp³-hybridized carbons (Fsp3) is 0.618. The van der Waals surface area contributed by atoms with Crippen molar-refractivity contribution in [3.63, 3.8) is 0 Å². The summed E-state index contributed by atoms with van der Waals surface area (Å²) in [5.41, 5.74) is 1.34. The van der Waals surface area contributed by atoms with Crippen LogP contribution in [0.2, 0.25) is 0 Å². The van der Waals surface area contributed by atoms with E-state index in [0.717, 1.165) is 100 Å². The molecule has 0 aliphatic carbocycles. The summed E-state index contributed by atoms with van der Waals surface area (Å²) in [7, 11) is 2.14. The average molecular weight is 989 g/mol. The Hall–Kier alpha value is -4.16. The van der Waals surface area contributed by atoms with Gasteiger partial charge < -0.3 is 43.0 Å². The lowest BCUT2D eigenvalue weighted by Gasteiger charge is -2.39. The molecule has 0 saturated carbocycles. The molecule has 2 amide bonds. The van der Waals surface area contributed by atoms with E-state index in [2.05, 4.69) is 59.1 Å². The van der Waals surface area contributed by atoms with Gasteiger partial charge in [-0.25, -0.2) is 11.2 Å². The molecule has 2 unspecified atom stereocenters. The number of benzene rings is 3. The molecule has 388 valence electrons. The van der Waals surface area contributed by atoms with Crippen LogP contribution in [0.4, 0.5) is 0 Å². The van der Waals surface area contributed by atoms with Gasteiger partial charge in [0, 0.05) is 94.3 Å². The molecule has 5 rings (SSSR count). The minimum absolute atomic E-state index is 0.0264. The van der Waals surface area contributed by atoms with Crippen LogP contribution in [0.5, 0.6) is 11.5 Å². The maximum Gasteiger partial charge on any atom is 0.259 e. The Morgan fingerprint density at radius 3 is 1.49 bits per heavy atom. The topological polar surface area (TPSA) is 121 Å². The van der Waals surface area contributed by atoms with Gasteiger partial charge >= 0.3 is 0 Å². The fourth-order valence-corrected chi connectivity index (χ4v) is 10.3. The Balaban J connectivity index is 0.000000332.